The number of halogens is 3. The number of alkyl halides is 2. The van der Waals surface area contributed by atoms with Crippen molar-refractivity contribution < 1.29 is 18.3 Å². The zero-order valence-corrected chi connectivity index (χ0v) is 17.6. The molecule has 2 aliphatic rings. The van der Waals surface area contributed by atoms with E-state index in [1.54, 1.807) is 12.1 Å². The van der Waals surface area contributed by atoms with Gasteiger partial charge in [0.15, 0.2) is 9.84 Å². The van der Waals surface area contributed by atoms with Crippen LogP contribution in [-0.2, 0) is 19.0 Å². The van der Waals surface area contributed by atoms with Crippen molar-refractivity contribution in [3.05, 3.63) is 22.2 Å². The first-order valence-electron chi connectivity index (χ1n) is 6.91. The second-order valence-electron chi connectivity index (χ2n) is 6.07. The molecule has 3 unspecified atom stereocenters. The molecule has 0 saturated heterocycles. The van der Waals surface area contributed by atoms with Gasteiger partial charge in [-0.15, -0.1) is 0 Å². The Balaban J connectivity index is 2.15. The quantitative estimate of drug-likeness (QED) is 0.457. The highest BCUT2D eigenvalue weighted by molar-refractivity contribution is 9.12. The van der Waals surface area contributed by atoms with E-state index >= 15 is 0 Å². The Morgan fingerprint density at radius 2 is 2.09 bits per heavy atom. The van der Waals surface area contributed by atoms with Gasteiger partial charge in [-0.1, -0.05) is 31.9 Å². The fourth-order valence-corrected chi connectivity index (χ4v) is 6.82. The van der Waals surface area contributed by atoms with Gasteiger partial charge in [0.25, 0.3) is 0 Å². The summed E-state index contributed by atoms with van der Waals surface area (Å²) in [5.74, 6) is -0.973. The van der Waals surface area contributed by atoms with Gasteiger partial charge >= 0.3 is 5.97 Å². The second-order valence-corrected chi connectivity index (χ2v) is 11.5. The molecule has 0 spiro atoms. The van der Waals surface area contributed by atoms with E-state index in [-0.39, 0.29) is 17.2 Å². The Labute approximate surface area is 159 Å². The Hall–Kier alpha value is -0.120. The van der Waals surface area contributed by atoms with E-state index in [1.807, 2.05) is 0 Å². The lowest BCUT2D eigenvalue weighted by Crippen LogP contribution is -2.44. The van der Waals surface area contributed by atoms with Crippen LogP contribution in [0.2, 0.25) is 0 Å². The molecule has 5 nitrogen and oxygen atoms in total. The van der Waals surface area contributed by atoms with Crippen LogP contribution in [0.4, 0.5) is 5.69 Å². The molecule has 126 valence electrons. The average Bonchev–Trinajstić information content (AvgIpc) is 2.78. The van der Waals surface area contributed by atoms with E-state index in [0.29, 0.717) is 10.9 Å². The number of anilines is 1. The fraction of sp³-hybridized carbons (Fsp3) is 0.500. The molecule has 1 aromatic carbocycles. The zero-order chi connectivity index (χ0) is 17.2. The molecule has 9 heteroatoms. The summed E-state index contributed by atoms with van der Waals surface area (Å²) in [5, 5.41) is 12.5. The van der Waals surface area contributed by atoms with Crippen LogP contribution in [-0.4, -0.2) is 30.2 Å². The number of fused-ring (bicyclic) bond motifs is 3. The largest absolute Gasteiger partial charge is 0.481 e. The van der Waals surface area contributed by atoms with E-state index < -0.39 is 24.6 Å². The minimum atomic E-state index is -3.34. The van der Waals surface area contributed by atoms with Crippen LogP contribution >= 0.6 is 47.8 Å². The number of hydrogen-bond acceptors (Lipinski definition) is 4. The summed E-state index contributed by atoms with van der Waals surface area (Å²) in [5.41, 5.74) is 1.62. The second kappa shape index (κ2) is 5.44. The highest BCUT2D eigenvalue weighted by atomic mass is 79.9. The number of aliphatic carboxylic acids is 1. The molecule has 1 aromatic rings. The molecular weight excluding hydrogens is 518 g/mol. The van der Waals surface area contributed by atoms with Crippen molar-refractivity contribution in [2.75, 3.05) is 11.6 Å². The highest BCUT2D eigenvalue weighted by Crippen LogP contribution is 2.67. The molecule has 2 N–H and O–H groups in total. The lowest BCUT2D eigenvalue weighted by Gasteiger charge is -2.35. The van der Waals surface area contributed by atoms with Gasteiger partial charge in [0.05, 0.1) is 21.3 Å². The minimum Gasteiger partial charge on any atom is -0.481 e. The monoisotopic (exact) mass is 529 g/mol. The summed E-state index contributed by atoms with van der Waals surface area (Å²) in [7, 11) is -3.34. The lowest BCUT2D eigenvalue weighted by molar-refractivity contribution is -0.138. The number of sulfone groups is 1. The van der Waals surface area contributed by atoms with Crippen LogP contribution in [0, 0.1) is 5.92 Å². The third-order valence-electron chi connectivity index (χ3n) is 4.62. The van der Waals surface area contributed by atoms with Gasteiger partial charge in [-0.05, 0) is 46.5 Å². The molecule has 1 saturated carbocycles. The van der Waals surface area contributed by atoms with Gasteiger partial charge in [0.1, 0.15) is 4.45 Å². The minimum absolute atomic E-state index is 0.0378. The molecule has 0 amide bonds. The average molecular weight is 532 g/mol. The predicted octanol–water partition coefficient (Wildman–Crippen LogP) is 3.84. The highest BCUT2D eigenvalue weighted by Gasteiger charge is 2.63. The van der Waals surface area contributed by atoms with Crippen LogP contribution in [0.3, 0.4) is 0 Å². The third kappa shape index (κ3) is 2.58. The molecule has 0 aromatic heterocycles. The van der Waals surface area contributed by atoms with Crippen molar-refractivity contribution in [2.24, 2.45) is 5.92 Å². The number of hydrogen-bond donors (Lipinski definition) is 2. The summed E-state index contributed by atoms with van der Waals surface area (Å²) in [6, 6.07) is 3.24. The van der Waals surface area contributed by atoms with E-state index in [1.165, 1.54) is 6.26 Å². The molecule has 0 bridgehead atoms. The maximum absolute atomic E-state index is 11.9. The molecule has 3 rings (SSSR count). The number of carbonyl (C=O) groups is 1. The van der Waals surface area contributed by atoms with Crippen molar-refractivity contribution in [2.45, 2.75) is 32.9 Å². The smallest absolute Gasteiger partial charge is 0.303 e. The van der Waals surface area contributed by atoms with Crippen molar-refractivity contribution >= 4 is 69.3 Å². The molecule has 23 heavy (non-hydrogen) atoms. The Bertz CT molecular complexity index is 812. The SMILES string of the molecule is CS(=O)(=O)c1cc(Br)c2c(c1)C1(Br)CCC(CC(=O)O)C1(Br)N2. The van der Waals surface area contributed by atoms with Crippen LogP contribution in [0.25, 0.3) is 0 Å². The first-order valence-corrected chi connectivity index (χ1v) is 11.2. The topological polar surface area (TPSA) is 83.5 Å². The zero-order valence-electron chi connectivity index (χ0n) is 12.1. The molecular formula is C14H14Br3NO4S. The molecule has 1 fully saturated rings. The van der Waals surface area contributed by atoms with Crippen molar-refractivity contribution in [1.82, 2.24) is 0 Å². The van der Waals surface area contributed by atoms with Crippen LogP contribution in [0.15, 0.2) is 21.5 Å². The number of carboxylic acids is 1. The van der Waals surface area contributed by atoms with E-state index in [0.717, 1.165) is 17.7 Å². The number of benzene rings is 1. The van der Waals surface area contributed by atoms with E-state index in [4.69, 9.17) is 5.11 Å². The van der Waals surface area contributed by atoms with Crippen molar-refractivity contribution in [3.63, 3.8) is 0 Å². The summed E-state index contributed by atoms with van der Waals surface area (Å²) < 4.78 is 23.3. The lowest BCUT2D eigenvalue weighted by atomic mass is 9.93. The van der Waals surface area contributed by atoms with Gasteiger partial charge in [-0.3, -0.25) is 4.79 Å². The number of nitrogens with one attached hydrogen (secondary N) is 1. The Morgan fingerprint density at radius 1 is 1.43 bits per heavy atom. The van der Waals surface area contributed by atoms with Gasteiger partial charge < -0.3 is 10.4 Å². The van der Waals surface area contributed by atoms with Crippen molar-refractivity contribution in [1.29, 1.82) is 0 Å². The number of rotatable bonds is 3. The molecule has 1 aliphatic carbocycles. The maximum Gasteiger partial charge on any atom is 0.303 e. The van der Waals surface area contributed by atoms with E-state index in [9.17, 15) is 13.2 Å². The first kappa shape index (κ1) is 17.7. The normalized spacial score (nSPS) is 32.3. The van der Waals surface area contributed by atoms with Gasteiger partial charge in [-0.25, -0.2) is 8.42 Å². The molecule has 3 atom stereocenters. The third-order valence-corrected chi connectivity index (χ3v) is 9.84. The van der Waals surface area contributed by atoms with Gasteiger partial charge in [0, 0.05) is 16.6 Å². The maximum atomic E-state index is 11.9. The summed E-state index contributed by atoms with van der Waals surface area (Å²) in [4.78, 5) is 11.4. The van der Waals surface area contributed by atoms with Crippen LogP contribution in [0.1, 0.15) is 24.8 Å². The predicted molar refractivity (Wildman–Crippen MR) is 98.1 cm³/mol. The Kier molecular flexibility index (Phi) is 4.18. The standard InChI is InChI=1S/C14H14Br3NO4S/c1-23(21,22)8-5-9-12(10(15)6-8)18-14(17)7(4-11(19)20)2-3-13(9,14)16/h5-7,18H,2-4H2,1H3,(H,19,20). The van der Waals surface area contributed by atoms with Gasteiger partial charge in [-0.2, -0.15) is 0 Å². The summed E-state index contributed by atoms with van der Waals surface area (Å²) in [6.07, 6.45) is 2.63. The summed E-state index contributed by atoms with van der Waals surface area (Å²) >= 11 is 10.9. The first-order chi connectivity index (χ1) is 10.5. The van der Waals surface area contributed by atoms with Gasteiger partial charge in [0.2, 0.25) is 0 Å². The number of carboxylic acid groups (broad SMARTS) is 1. The van der Waals surface area contributed by atoms with E-state index in [2.05, 4.69) is 53.1 Å². The van der Waals surface area contributed by atoms with Crippen molar-refractivity contribution in [3.8, 4) is 0 Å². The van der Waals surface area contributed by atoms with Crippen LogP contribution < -0.4 is 5.32 Å². The molecule has 1 aliphatic heterocycles. The molecule has 1 heterocycles. The fourth-order valence-electron chi connectivity index (χ4n) is 3.48. The van der Waals surface area contributed by atoms with Crippen LogP contribution in [0.5, 0.6) is 0 Å². The Morgan fingerprint density at radius 3 is 2.65 bits per heavy atom. The molecule has 0 radical (unpaired) electrons. The summed E-state index contributed by atoms with van der Waals surface area (Å²) in [6.45, 7) is 0.